The van der Waals surface area contributed by atoms with Gasteiger partial charge in [-0.1, -0.05) is 19.3 Å². The lowest BCUT2D eigenvalue weighted by Crippen LogP contribution is -2.44. The van der Waals surface area contributed by atoms with E-state index in [1.54, 1.807) is 46.0 Å². The Morgan fingerprint density at radius 3 is 2.63 bits per heavy atom. The molecule has 7 nitrogen and oxygen atoms in total. The molecule has 0 unspecified atom stereocenters. The number of rotatable bonds is 6. The maximum atomic E-state index is 12.4. The average molecular weight is 377 g/mol. The van der Waals surface area contributed by atoms with Gasteiger partial charge in [-0.3, -0.25) is 4.79 Å². The molecule has 1 aliphatic rings. The number of carbonyl (C=O) groups excluding carboxylic acids is 2. The number of amides is 2. The average Bonchev–Trinajstić information content (AvgIpc) is 2.60. The molecule has 1 atom stereocenters. The first-order valence-electron chi connectivity index (χ1n) is 9.63. The number of hydrogen-bond donors (Lipinski definition) is 2. The number of nitrogens with zero attached hydrogens (tertiary/aromatic N) is 1. The molecular weight excluding hydrogens is 346 g/mol. The van der Waals surface area contributed by atoms with E-state index in [2.05, 4.69) is 15.6 Å². The summed E-state index contributed by atoms with van der Waals surface area (Å²) in [7, 11) is 0. The fourth-order valence-electron chi connectivity index (χ4n) is 2.94. The molecule has 0 radical (unpaired) electrons. The van der Waals surface area contributed by atoms with Crippen molar-refractivity contribution in [3.8, 4) is 5.75 Å². The van der Waals surface area contributed by atoms with Gasteiger partial charge in [-0.25, -0.2) is 9.78 Å². The van der Waals surface area contributed by atoms with Crippen molar-refractivity contribution in [2.75, 3.05) is 11.9 Å². The lowest BCUT2D eigenvalue weighted by molar-refractivity contribution is -0.117. The highest BCUT2D eigenvalue weighted by atomic mass is 16.6. The van der Waals surface area contributed by atoms with Crippen LogP contribution in [0.3, 0.4) is 0 Å². The molecule has 0 spiro atoms. The van der Waals surface area contributed by atoms with Gasteiger partial charge < -0.3 is 20.1 Å². The molecule has 1 fully saturated rings. The van der Waals surface area contributed by atoms with Crippen molar-refractivity contribution in [1.29, 1.82) is 0 Å². The minimum atomic E-state index is -0.770. The second kappa shape index (κ2) is 9.58. The van der Waals surface area contributed by atoms with Crippen molar-refractivity contribution < 1.29 is 19.1 Å². The highest BCUT2D eigenvalue weighted by Crippen LogP contribution is 2.27. The monoisotopic (exact) mass is 377 g/mol. The molecule has 0 saturated heterocycles. The van der Waals surface area contributed by atoms with E-state index in [1.165, 1.54) is 32.1 Å². The maximum Gasteiger partial charge on any atom is 0.408 e. The lowest BCUT2D eigenvalue weighted by Gasteiger charge is -2.23. The Labute approximate surface area is 161 Å². The van der Waals surface area contributed by atoms with E-state index >= 15 is 0 Å². The number of anilines is 1. The SMILES string of the molecule is C[C@@H](NC(=O)OC(C)(C)C)C(=O)Nc1ncccc1OCC1CCCCC1. The van der Waals surface area contributed by atoms with Crippen LogP contribution in [0, 0.1) is 5.92 Å². The molecule has 1 heterocycles. The second-order valence-electron chi connectivity index (χ2n) is 8.02. The molecule has 2 N–H and O–H groups in total. The third-order valence-electron chi connectivity index (χ3n) is 4.34. The molecule has 7 heteroatoms. The standard InChI is InChI=1S/C20H31N3O4/c1-14(22-19(25)27-20(2,3)4)18(24)23-17-16(11-8-12-21-17)26-13-15-9-6-5-7-10-15/h8,11-12,14-15H,5-7,9-10,13H2,1-4H3,(H,22,25)(H,21,23,24)/t14-/m1/s1. The van der Waals surface area contributed by atoms with Crippen molar-refractivity contribution in [2.24, 2.45) is 5.92 Å². The van der Waals surface area contributed by atoms with Gasteiger partial charge >= 0.3 is 6.09 Å². The van der Waals surface area contributed by atoms with Crippen molar-refractivity contribution in [1.82, 2.24) is 10.3 Å². The minimum absolute atomic E-state index is 0.358. The summed E-state index contributed by atoms with van der Waals surface area (Å²) in [5.74, 6) is 1.06. The fourth-order valence-corrected chi connectivity index (χ4v) is 2.94. The summed E-state index contributed by atoms with van der Waals surface area (Å²) in [5, 5.41) is 5.24. The largest absolute Gasteiger partial charge is 0.489 e. The van der Waals surface area contributed by atoms with Crippen LogP contribution < -0.4 is 15.4 Å². The molecule has 1 aromatic rings. The molecule has 0 bridgehead atoms. The summed E-state index contributed by atoms with van der Waals surface area (Å²) >= 11 is 0. The summed E-state index contributed by atoms with van der Waals surface area (Å²) in [4.78, 5) is 28.4. The molecule has 0 aromatic carbocycles. The lowest BCUT2D eigenvalue weighted by atomic mass is 9.90. The molecule has 2 amide bonds. The number of aromatic nitrogens is 1. The smallest absolute Gasteiger partial charge is 0.408 e. The third kappa shape index (κ3) is 7.45. The van der Waals surface area contributed by atoms with Crippen LogP contribution in [-0.4, -0.2) is 35.2 Å². The topological polar surface area (TPSA) is 89.5 Å². The van der Waals surface area contributed by atoms with E-state index in [4.69, 9.17) is 9.47 Å². The van der Waals surface area contributed by atoms with Gasteiger partial charge in [0.2, 0.25) is 5.91 Å². The van der Waals surface area contributed by atoms with Crippen molar-refractivity contribution in [3.63, 3.8) is 0 Å². The highest BCUT2D eigenvalue weighted by Gasteiger charge is 2.22. The van der Waals surface area contributed by atoms with E-state index in [9.17, 15) is 9.59 Å². The molecule has 150 valence electrons. The predicted molar refractivity (Wildman–Crippen MR) is 104 cm³/mol. The second-order valence-corrected chi connectivity index (χ2v) is 8.02. The van der Waals surface area contributed by atoms with Crippen molar-refractivity contribution in [3.05, 3.63) is 18.3 Å². The van der Waals surface area contributed by atoms with Crippen LogP contribution in [-0.2, 0) is 9.53 Å². The van der Waals surface area contributed by atoms with Gasteiger partial charge in [0, 0.05) is 6.20 Å². The van der Waals surface area contributed by atoms with E-state index in [0.29, 0.717) is 24.1 Å². The van der Waals surface area contributed by atoms with Gasteiger partial charge in [0.25, 0.3) is 0 Å². The zero-order valence-corrected chi connectivity index (χ0v) is 16.7. The first-order chi connectivity index (χ1) is 12.7. The predicted octanol–water partition coefficient (Wildman–Crippen LogP) is 3.89. The van der Waals surface area contributed by atoms with Gasteiger partial charge in [-0.15, -0.1) is 0 Å². The first kappa shape index (κ1) is 21.0. The van der Waals surface area contributed by atoms with Gasteiger partial charge in [0.15, 0.2) is 11.6 Å². The van der Waals surface area contributed by atoms with Crippen LogP contribution >= 0.6 is 0 Å². The third-order valence-corrected chi connectivity index (χ3v) is 4.34. The number of ether oxygens (including phenoxy) is 2. The maximum absolute atomic E-state index is 12.4. The Bertz CT molecular complexity index is 636. The minimum Gasteiger partial charge on any atom is -0.489 e. The Kier molecular flexibility index (Phi) is 7.45. The summed E-state index contributed by atoms with van der Waals surface area (Å²) in [5.41, 5.74) is -0.624. The van der Waals surface area contributed by atoms with Gasteiger partial charge in [-0.05, 0) is 58.6 Å². The molecule has 2 rings (SSSR count). The van der Waals surface area contributed by atoms with E-state index in [0.717, 1.165) is 0 Å². The highest BCUT2D eigenvalue weighted by molar-refractivity contribution is 5.96. The first-order valence-corrected chi connectivity index (χ1v) is 9.63. The number of pyridine rings is 1. The number of carbonyl (C=O) groups is 2. The van der Waals surface area contributed by atoms with Crippen LogP contribution in [0.5, 0.6) is 5.75 Å². The Balaban J connectivity index is 1.89. The van der Waals surface area contributed by atoms with Crippen molar-refractivity contribution >= 4 is 17.8 Å². The summed E-state index contributed by atoms with van der Waals surface area (Å²) in [6, 6.07) is 2.79. The number of hydrogen-bond acceptors (Lipinski definition) is 5. The summed E-state index contributed by atoms with van der Waals surface area (Å²) in [6.07, 6.45) is 7.11. The van der Waals surface area contributed by atoms with Crippen LogP contribution in [0.4, 0.5) is 10.6 Å². The summed E-state index contributed by atoms with van der Waals surface area (Å²) in [6.45, 7) is 7.51. The van der Waals surface area contributed by atoms with Crippen LogP contribution in [0.2, 0.25) is 0 Å². The van der Waals surface area contributed by atoms with Gasteiger partial charge in [0.05, 0.1) is 6.61 Å². The summed E-state index contributed by atoms with van der Waals surface area (Å²) < 4.78 is 11.1. The number of alkyl carbamates (subject to hydrolysis) is 1. The van der Waals surface area contributed by atoms with Crippen LogP contribution in [0.1, 0.15) is 59.8 Å². The van der Waals surface area contributed by atoms with E-state index < -0.39 is 17.7 Å². The molecule has 1 aromatic heterocycles. The van der Waals surface area contributed by atoms with E-state index in [-0.39, 0.29) is 5.91 Å². The van der Waals surface area contributed by atoms with Crippen LogP contribution in [0.25, 0.3) is 0 Å². The Morgan fingerprint density at radius 2 is 1.96 bits per heavy atom. The van der Waals surface area contributed by atoms with Gasteiger partial charge in [0.1, 0.15) is 11.6 Å². The van der Waals surface area contributed by atoms with E-state index in [1.807, 2.05) is 0 Å². The molecule has 1 aliphatic carbocycles. The molecule has 1 saturated carbocycles. The molecule has 27 heavy (non-hydrogen) atoms. The zero-order chi connectivity index (χ0) is 19.9. The zero-order valence-electron chi connectivity index (χ0n) is 16.7. The fraction of sp³-hybridized carbons (Fsp3) is 0.650. The molecular formula is C20H31N3O4. The number of nitrogens with one attached hydrogen (secondary N) is 2. The van der Waals surface area contributed by atoms with Gasteiger partial charge in [-0.2, -0.15) is 0 Å². The Morgan fingerprint density at radius 1 is 1.26 bits per heavy atom. The van der Waals surface area contributed by atoms with Crippen LogP contribution in [0.15, 0.2) is 18.3 Å². The Hall–Kier alpha value is -2.31. The molecule has 0 aliphatic heterocycles. The quantitative estimate of drug-likeness (QED) is 0.785. The normalized spacial score (nSPS) is 16.3. The van der Waals surface area contributed by atoms with Crippen molar-refractivity contribution in [2.45, 2.75) is 71.4 Å².